The number of nitrogens with zero attached hydrogens (tertiary/aromatic N) is 1. The Balaban J connectivity index is 1.21. The number of hydrogen-bond acceptors (Lipinski definition) is 5. The van der Waals surface area contributed by atoms with Gasteiger partial charge in [-0.25, -0.2) is 14.5 Å². The largest absolute Gasteiger partial charge is 0.421 e. The Bertz CT molecular complexity index is 1850. The van der Waals surface area contributed by atoms with Crippen LogP contribution in [0, 0.1) is 30.2 Å². The molecule has 48 heavy (non-hydrogen) atoms. The Morgan fingerprint density at radius 3 is 2.02 bits per heavy atom. The highest BCUT2D eigenvalue weighted by Gasteiger charge is 2.77. The van der Waals surface area contributed by atoms with E-state index in [0.717, 1.165) is 41.6 Å². The molecule has 5 aliphatic rings. The van der Waals surface area contributed by atoms with Crippen LogP contribution in [0.3, 0.4) is 0 Å². The minimum atomic E-state index is -1.25. The van der Waals surface area contributed by atoms with E-state index >= 15 is 0 Å². The molecule has 4 aliphatic carbocycles. The summed E-state index contributed by atoms with van der Waals surface area (Å²) in [5.74, 6) is 0.362. The molecular formula is C40H35ClNO5P. The first kappa shape index (κ1) is 31.4. The molecule has 1 heterocycles. The maximum absolute atomic E-state index is 14.3. The summed E-state index contributed by atoms with van der Waals surface area (Å²) in [5.41, 5.74) is 0.851. The number of rotatable bonds is 8. The summed E-state index contributed by atoms with van der Waals surface area (Å²) in [4.78, 5) is 29.9. The quantitative estimate of drug-likeness (QED) is 0.0620. The third-order valence-corrected chi connectivity index (χ3v) is 13.7. The summed E-state index contributed by atoms with van der Waals surface area (Å²) in [6.45, 7) is 7.37. The lowest BCUT2D eigenvalue weighted by molar-refractivity contribution is -0.645. The van der Waals surface area contributed by atoms with Crippen molar-refractivity contribution in [1.82, 2.24) is 0 Å². The molecule has 4 aromatic carbocycles. The molecule has 242 valence electrons. The molecule has 0 radical (unpaired) electrons. The summed E-state index contributed by atoms with van der Waals surface area (Å²) in [6.07, 6.45) is 8.55. The van der Waals surface area contributed by atoms with Gasteiger partial charge in [-0.2, -0.15) is 4.89 Å². The van der Waals surface area contributed by atoms with Gasteiger partial charge in [-0.05, 0) is 85.7 Å². The van der Waals surface area contributed by atoms with E-state index in [4.69, 9.17) is 37.4 Å². The van der Waals surface area contributed by atoms with Gasteiger partial charge in [0.25, 0.3) is 5.79 Å². The summed E-state index contributed by atoms with van der Waals surface area (Å²) in [5, 5.41) is 3.31. The molecular weight excluding hydrogens is 641 g/mol. The number of hydrogen-bond donors (Lipinski definition) is 0. The van der Waals surface area contributed by atoms with Crippen LogP contribution in [0.1, 0.15) is 53.6 Å². The van der Waals surface area contributed by atoms with Crippen molar-refractivity contribution >= 4 is 47.5 Å². The van der Waals surface area contributed by atoms with E-state index in [1.165, 1.54) is 12.6 Å². The molecule has 1 atom stereocenters. The first-order valence-corrected chi connectivity index (χ1v) is 18.2. The maximum Gasteiger partial charge on any atom is 0.344 e. The minimum absolute atomic E-state index is 0.156. The zero-order valence-electron chi connectivity index (χ0n) is 26.6. The highest BCUT2D eigenvalue weighted by atomic mass is 35.5. The second-order valence-electron chi connectivity index (χ2n) is 13.3. The van der Waals surface area contributed by atoms with E-state index < -0.39 is 25.3 Å². The predicted molar refractivity (Wildman–Crippen MR) is 188 cm³/mol. The third kappa shape index (κ3) is 4.87. The summed E-state index contributed by atoms with van der Waals surface area (Å²) < 4.78 is 12.6. The molecule has 4 bridgehead atoms. The van der Waals surface area contributed by atoms with Crippen LogP contribution in [0.2, 0.25) is 5.02 Å². The molecule has 1 aliphatic heterocycles. The van der Waals surface area contributed by atoms with Gasteiger partial charge in [0.1, 0.15) is 0 Å². The van der Waals surface area contributed by atoms with Crippen molar-refractivity contribution in [3.05, 3.63) is 136 Å². The monoisotopic (exact) mass is 675 g/mol. The Kier molecular flexibility index (Phi) is 8.23. The van der Waals surface area contributed by atoms with Gasteiger partial charge in [0.2, 0.25) is 0 Å². The average molecular weight is 676 g/mol. The van der Waals surface area contributed by atoms with E-state index in [-0.39, 0.29) is 22.6 Å². The minimum Gasteiger partial charge on any atom is -0.421 e. The van der Waals surface area contributed by atoms with Crippen molar-refractivity contribution in [1.29, 1.82) is 0 Å². The number of ether oxygens (including phenoxy) is 2. The van der Waals surface area contributed by atoms with Gasteiger partial charge in [0, 0.05) is 18.2 Å². The fourth-order valence-electron chi connectivity index (χ4n) is 9.08. The fraction of sp³-hybridized carbons (Fsp3) is 0.300. The number of carbonyl (C=O) groups excluding carboxylic acids is 1. The molecule has 4 aromatic rings. The zero-order chi connectivity index (χ0) is 32.9. The lowest BCUT2D eigenvalue weighted by atomic mass is 9.47. The van der Waals surface area contributed by atoms with Gasteiger partial charge < -0.3 is 9.47 Å². The molecule has 9 rings (SSSR count). The Labute approximate surface area is 287 Å². The van der Waals surface area contributed by atoms with Gasteiger partial charge in [-0.15, -0.1) is 0 Å². The van der Waals surface area contributed by atoms with E-state index in [1.54, 1.807) is 19.3 Å². The highest BCUT2D eigenvalue weighted by molar-refractivity contribution is 7.80. The highest BCUT2D eigenvalue weighted by Crippen LogP contribution is 2.70. The molecule has 4 saturated carbocycles. The van der Waals surface area contributed by atoms with E-state index in [2.05, 4.69) is 29.1 Å². The number of methoxy groups -OCH3 is 1. The Morgan fingerprint density at radius 1 is 0.854 bits per heavy atom. The second-order valence-corrected chi connectivity index (χ2v) is 15.9. The smallest absolute Gasteiger partial charge is 0.344 e. The molecule has 1 saturated heterocycles. The molecule has 1 unspecified atom stereocenters. The molecule has 5 fully saturated rings. The molecule has 1 spiro atoms. The molecule has 6 nitrogen and oxygen atoms in total. The number of halogens is 1. The predicted octanol–water partition coefficient (Wildman–Crippen LogP) is 8.16. The van der Waals surface area contributed by atoms with Gasteiger partial charge in [-0.1, -0.05) is 109 Å². The topological polar surface area (TPSA) is 58.4 Å². The van der Waals surface area contributed by atoms with Gasteiger partial charge in [0.15, 0.2) is 17.6 Å². The molecule has 0 aromatic heterocycles. The van der Waals surface area contributed by atoms with Crippen LogP contribution in [-0.2, 0) is 20.3 Å². The maximum atomic E-state index is 14.3. The van der Waals surface area contributed by atoms with Crippen LogP contribution in [0.15, 0.2) is 103 Å². The van der Waals surface area contributed by atoms with Crippen molar-refractivity contribution in [3.63, 3.8) is 0 Å². The van der Waals surface area contributed by atoms with Crippen molar-refractivity contribution < 1.29 is 24.0 Å². The van der Waals surface area contributed by atoms with Gasteiger partial charge >= 0.3 is 5.97 Å². The first-order valence-electron chi connectivity index (χ1n) is 16.5. The first-order chi connectivity index (χ1) is 23.5. The SMILES string of the molecule is [C-]#[N+]/C=C/c1ccc(C2(OC)OOC23C2CC4CC(C2)CC3C4)c(Cl)c1OC(=O)c1ccccc1P(c1ccccc1)c1ccccc1. The lowest BCUT2D eigenvalue weighted by Gasteiger charge is -2.68. The Hall–Kier alpha value is -3.82. The second kappa shape index (κ2) is 12.6. The van der Waals surface area contributed by atoms with Crippen LogP contribution >= 0.6 is 19.5 Å². The van der Waals surface area contributed by atoms with Crippen LogP contribution in [0.5, 0.6) is 5.75 Å². The number of carbonyl (C=O) groups is 1. The van der Waals surface area contributed by atoms with Crippen molar-refractivity contribution in [2.75, 3.05) is 7.11 Å². The fourth-order valence-corrected chi connectivity index (χ4v) is 11.9. The standard InChI is InChI=1S/C40H35ClNO5P/c1-42-20-19-28-17-18-34(40(44-2)39(46-47-40)29-22-26-21-27(24-29)25-30(39)23-26)36(41)37(28)45-38(43)33-15-9-10-16-35(33)48(31-11-5-3-6-12-31)32-13-7-4-8-14-32/h3-20,26-27,29-30H,21-25H2,2H3/b20-19+. The van der Waals surface area contributed by atoms with E-state index in [0.29, 0.717) is 28.5 Å². The number of esters is 1. The summed E-state index contributed by atoms with van der Waals surface area (Å²) in [6, 6.07) is 31.7. The summed E-state index contributed by atoms with van der Waals surface area (Å²) >= 11 is 7.29. The molecule has 0 N–H and O–H groups in total. The average Bonchev–Trinajstić information content (AvgIpc) is 3.10. The molecule has 8 heteroatoms. The summed E-state index contributed by atoms with van der Waals surface area (Å²) in [7, 11) is 0.552. The normalized spacial score (nSPS) is 28.5. The Morgan fingerprint density at radius 2 is 1.46 bits per heavy atom. The zero-order valence-corrected chi connectivity index (χ0v) is 28.2. The lowest BCUT2D eigenvalue weighted by Crippen LogP contribution is -2.76. The molecule has 0 amide bonds. The van der Waals surface area contributed by atoms with Crippen molar-refractivity contribution in [2.24, 2.45) is 23.7 Å². The van der Waals surface area contributed by atoms with Crippen LogP contribution in [0.25, 0.3) is 10.9 Å². The van der Waals surface area contributed by atoms with Crippen molar-refractivity contribution in [3.8, 4) is 5.75 Å². The van der Waals surface area contributed by atoms with Gasteiger partial charge in [-0.3, -0.25) is 0 Å². The van der Waals surface area contributed by atoms with Crippen LogP contribution in [0.4, 0.5) is 0 Å². The number of benzene rings is 4. The van der Waals surface area contributed by atoms with Crippen LogP contribution in [-0.4, -0.2) is 18.7 Å². The van der Waals surface area contributed by atoms with Crippen molar-refractivity contribution in [2.45, 2.75) is 43.5 Å². The van der Waals surface area contributed by atoms with E-state index in [9.17, 15) is 4.79 Å². The van der Waals surface area contributed by atoms with Gasteiger partial charge in [0.05, 0.1) is 17.2 Å². The third-order valence-electron chi connectivity index (χ3n) is 10.8. The van der Waals surface area contributed by atoms with E-state index in [1.807, 2.05) is 66.7 Å². The van der Waals surface area contributed by atoms with Crippen LogP contribution < -0.4 is 20.7 Å².